The van der Waals surface area contributed by atoms with Crippen molar-refractivity contribution in [3.63, 3.8) is 0 Å². The maximum atomic E-state index is 6.65. The number of imidazole rings is 5. The summed E-state index contributed by atoms with van der Waals surface area (Å²) in [6, 6.07) is 45.8. The van der Waals surface area contributed by atoms with Gasteiger partial charge in [0.25, 0.3) is 0 Å². The Bertz CT molecular complexity index is 5780. The van der Waals surface area contributed by atoms with E-state index in [9.17, 15) is 0 Å². The van der Waals surface area contributed by atoms with Gasteiger partial charge in [0, 0.05) is 122 Å². The van der Waals surface area contributed by atoms with Crippen LogP contribution in [0.25, 0.3) is 89.7 Å². The maximum absolute atomic E-state index is 6.65. The molecule has 22 heteroatoms. The van der Waals surface area contributed by atoms with E-state index in [1.165, 1.54) is 329 Å². The van der Waals surface area contributed by atoms with E-state index in [2.05, 4.69) is 174 Å². The SMILES string of the molecule is Cc1nc(C)c(-c2nc3ccccc3n2C2C[C@H]3CCC[C@@H](C2)N3C2C[C@H]3CCC[C@@H](C2)C3)s1.Cn1cc(Cl)c(-c2nc3ccccc3n2C2C[C@H]3CCC[C@@H](C2)N3C2C[C@H]3CCCC[C@@H](C2)C3)n1.c1ccc2c(c1)nc(-c1ncc[nH]1)n2C1C[C@H]2CCC[C@@H](C1)N2C1C[C@H]2CCCC[C@@H](C1)C2.c1ccc2c(c1)nc(-c1ncn[nH]1)n2C1C[C@H]2CCC[C@@H](C1)N2C1C[C@H]2CCCC[C@@H](C1)C2. The molecule has 8 aliphatic carbocycles. The molecule has 0 amide bonds. The molecule has 20 nitrogen and oxygen atoms in total. The lowest BCUT2D eigenvalue weighted by Crippen LogP contribution is -2.58. The van der Waals surface area contributed by atoms with E-state index in [4.69, 9.17) is 41.6 Å². The zero-order chi connectivity index (χ0) is 89.9. The number of rotatable bonds is 12. The number of benzene rings is 4. The second-order valence-corrected chi connectivity index (χ2v) is 48.1. The van der Waals surface area contributed by atoms with Gasteiger partial charge < -0.3 is 23.3 Å². The average molecular weight is 1860 g/mol. The number of fused-ring (bicyclic) bond motifs is 20. The summed E-state index contributed by atoms with van der Waals surface area (Å²) in [5.74, 6) is 13.7. The van der Waals surface area contributed by atoms with Gasteiger partial charge >= 0.3 is 0 Å². The number of nitrogens with zero attached hydrogens (tertiary/aromatic N) is 18. The molecule has 135 heavy (non-hydrogen) atoms. The number of aryl methyl sites for hydroxylation is 3. The van der Waals surface area contributed by atoms with Crippen LogP contribution in [0.4, 0.5) is 0 Å². The van der Waals surface area contributed by atoms with Crippen LogP contribution >= 0.6 is 22.9 Å². The van der Waals surface area contributed by atoms with E-state index in [1.807, 2.05) is 37.0 Å². The molecule has 8 aliphatic heterocycles. The number of piperidine rings is 8. The fraction of sp³-hybridized carbons (Fsp3) is 0.655. The number of para-hydroxylation sites is 8. The average Bonchev–Trinajstić information content (AvgIpc) is 1.61. The molecule has 0 radical (unpaired) electrons. The first-order valence-electron chi connectivity index (χ1n) is 54.9. The summed E-state index contributed by atoms with van der Waals surface area (Å²) in [4.78, 5) is 51.0. The van der Waals surface area contributed by atoms with Crippen molar-refractivity contribution >= 4 is 67.1 Å². The van der Waals surface area contributed by atoms with Gasteiger partial charge in [-0.3, -0.25) is 29.4 Å². The Morgan fingerprint density at radius 2 is 0.630 bits per heavy atom. The fourth-order valence-corrected chi connectivity index (χ4v) is 34.6. The molecule has 28 rings (SSSR count). The van der Waals surface area contributed by atoms with Crippen molar-refractivity contribution in [2.45, 2.75) is 412 Å². The first-order chi connectivity index (χ1) is 66.4. The van der Waals surface area contributed by atoms with Gasteiger partial charge in [-0.05, 0) is 290 Å². The van der Waals surface area contributed by atoms with Gasteiger partial charge in [0.2, 0.25) is 0 Å². The van der Waals surface area contributed by atoms with Gasteiger partial charge in [0.1, 0.15) is 12.0 Å². The van der Waals surface area contributed by atoms with E-state index in [-0.39, 0.29) is 0 Å². The number of nitrogens with one attached hydrogen (secondary N) is 2. The van der Waals surface area contributed by atoms with Crippen molar-refractivity contribution in [2.75, 3.05) is 0 Å². The number of halogens is 1. The van der Waals surface area contributed by atoms with E-state index >= 15 is 0 Å². The predicted molar refractivity (Wildman–Crippen MR) is 544 cm³/mol. The summed E-state index contributed by atoms with van der Waals surface area (Å²) in [5.41, 5.74) is 11.3. The third-order valence-electron chi connectivity index (χ3n) is 38.2. The highest BCUT2D eigenvalue weighted by Gasteiger charge is 2.52. The standard InChI is InChI=1S/C29H38ClN5.C29H38N4S.C28H37N5.C27H36N6/c1-33-18-25(30)28(32-33)29-31-26-11-4-5-12-27(26)35(29)24-16-21-9-6-10-22(17-24)34(21)23-14-19-7-2-3-8-20(13-19)15-23;1-18-28(34-19(2)30-18)29-31-26-11-3-4-12-27(26)33(29)25-16-22-9-6-10-23(17-25)32(22)24-14-20-7-5-8-21(13-20)15-24;1-2-7-20-14-19(6-1)15-23(16-20)32-21-8-5-9-22(32)18-24(17-21)33-26-11-4-3-10-25(26)31-28(33)27-29-12-13-30-27;1-2-7-19-12-18(6-1)13-22(14-19)32-20-8-5-9-21(32)16-23(15-20)33-25-11-4-3-10-24(25)30-27(33)26-28-17-29-31-26/h4-5,11-12,18-24H,2-3,6-10,13-17H2,1H3;3-4,11-12,20-25H,5-10,13-17H2,1-2H3;3-4,10-13,19-24H,1-2,5-9,14-18H2,(H,29,30);3-4,10-11,17-23H,1-2,5-9,12-16H2,(H,28,29,31)/t19-,20+,21-,22+,23?,24?;20-,21+,22-,23+,24?,25?;19-,20+,21-,22+,23?,24?;18-,19+,20-,21+,22?,23?. The van der Waals surface area contributed by atoms with E-state index < -0.39 is 0 Å². The minimum absolute atomic E-state index is 0.452. The highest BCUT2D eigenvalue weighted by Crippen LogP contribution is 2.56. The monoisotopic (exact) mass is 1850 g/mol. The van der Waals surface area contributed by atoms with E-state index in [1.54, 1.807) is 11.0 Å². The van der Waals surface area contributed by atoms with Crippen LogP contribution in [0.15, 0.2) is 122 Å². The van der Waals surface area contributed by atoms with Gasteiger partial charge in [-0.15, -0.1) is 11.3 Å². The molecule has 4 aromatic carbocycles. The van der Waals surface area contributed by atoms with Crippen molar-refractivity contribution in [1.82, 2.24) is 97.7 Å². The molecule has 8 saturated heterocycles. The number of hydrogen-bond acceptors (Lipinski definition) is 14. The van der Waals surface area contributed by atoms with Crippen molar-refractivity contribution in [2.24, 2.45) is 54.4 Å². The lowest BCUT2D eigenvalue weighted by Gasteiger charge is -2.55. The highest BCUT2D eigenvalue weighted by atomic mass is 35.5. The van der Waals surface area contributed by atoms with Crippen LogP contribution in [-0.4, -0.2) is 170 Å². The van der Waals surface area contributed by atoms with Crippen molar-refractivity contribution in [1.29, 1.82) is 0 Å². The molecule has 8 unspecified atom stereocenters. The molecule has 714 valence electrons. The molecule has 0 spiro atoms. The molecule has 16 fully saturated rings. The van der Waals surface area contributed by atoms with Gasteiger partial charge in [-0.1, -0.05) is 182 Å². The van der Waals surface area contributed by atoms with Gasteiger partial charge in [-0.2, -0.15) is 10.2 Å². The molecule has 2 N–H and O–H groups in total. The first kappa shape index (κ1) is 88.5. The number of aromatic amines is 2. The normalized spacial score (nSPS) is 34.3. The van der Waals surface area contributed by atoms with Crippen LogP contribution in [-0.2, 0) is 7.05 Å². The summed E-state index contributed by atoms with van der Waals surface area (Å²) in [6.45, 7) is 4.27. The lowest BCUT2D eigenvalue weighted by molar-refractivity contribution is -0.0480. The van der Waals surface area contributed by atoms with Crippen LogP contribution in [0, 0.1) is 61.2 Å². The van der Waals surface area contributed by atoms with E-state index in [0.29, 0.717) is 41.3 Å². The Labute approximate surface area is 809 Å². The maximum Gasteiger partial charge on any atom is 0.191 e. The van der Waals surface area contributed by atoms with Crippen molar-refractivity contribution < 1.29 is 0 Å². The molecule has 16 aliphatic rings. The molecule has 24 atom stereocenters. The second-order valence-electron chi connectivity index (χ2n) is 46.5. The summed E-state index contributed by atoms with van der Waals surface area (Å²) >= 11 is 8.46. The second kappa shape index (κ2) is 38.3. The largest absolute Gasteiger partial charge is 0.342 e. The summed E-state index contributed by atoms with van der Waals surface area (Å²) in [5, 5.41) is 13.8. The zero-order valence-corrected chi connectivity index (χ0v) is 82.5. The van der Waals surface area contributed by atoms with Gasteiger partial charge in [-0.25, -0.2) is 34.9 Å². The molecule has 16 bridgehead atoms. The van der Waals surface area contributed by atoms with Crippen LogP contribution < -0.4 is 0 Å². The highest BCUT2D eigenvalue weighted by molar-refractivity contribution is 7.15. The number of H-pyrrole nitrogens is 2. The Balaban J connectivity index is 0.0000000961. The zero-order valence-electron chi connectivity index (χ0n) is 81.0. The third-order valence-corrected chi connectivity index (χ3v) is 39.5. The molecule has 8 aromatic heterocycles. The number of hydrogen-bond donors (Lipinski definition) is 2. The summed E-state index contributed by atoms with van der Waals surface area (Å²) in [6.07, 6.45) is 73.9. The van der Waals surface area contributed by atoms with Crippen molar-refractivity contribution in [3.8, 4) is 45.5 Å². The molecule has 8 saturated carbocycles. The number of thiazole rings is 1. The van der Waals surface area contributed by atoms with Crippen LogP contribution in [0.5, 0.6) is 0 Å². The molecular formula is C113H149ClN20S. The smallest absolute Gasteiger partial charge is 0.191 e. The minimum atomic E-state index is 0.452. The summed E-state index contributed by atoms with van der Waals surface area (Å²) in [7, 11) is 1.94. The number of aromatic nitrogens is 16. The lowest BCUT2D eigenvalue weighted by atomic mass is 9.68. The van der Waals surface area contributed by atoms with E-state index in [0.717, 1.165) is 181 Å². The van der Waals surface area contributed by atoms with Crippen LogP contribution in [0.3, 0.4) is 0 Å². The molecule has 12 aromatic rings. The Morgan fingerprint density at radius 3 is 0.941 bits per heavy atom. The Kier molecular flexibility index (Phi) is 25.1. The van der Waals surface area contributed by atoms with Crippen molar-refractivity contribution in [3.05, 3.63) is 138 Å². The Hall–Kier alpha value is -7.92. The minimum Gasteiger partial charge on any atom is -0.342 e. The summed E-state index contributed by atoms with van der Waals surface area (Å²) < 4.78 is 12.0. The fourth-order valence-electron chi connectivity index (χ4n) is 33.4. The topological polar surface area (TPSA) is 185 Å². The third kappa shape index (κ3) is 17.5. The Morgan fingerprint density at radius 1 is 0.319 bits per heavy atom. The van der Waals surface area contributed by atoms with Crippen LogP contribution in [0.1, 0.15) is 337 Å². The van der Waals surface area contributed by atoms with Gasteiger partial charge in [0.15, 0.2) is 34.9 Å². The molecule has 16 heterocycles. The molecular weight excluding hydrogens is 1700 g/mol. The predicted octanol–water partition coefficient (Wildman–Crippen LogP) is 26.4. The first-order valence-corrected chi connectivity index (χ1v) is 56.1. The quantitative estimate of drug-likeness (QED) is 0.118. The van der Waals surface area contributed by atoms with Gasteiger partial charge in [0.05, 0.1) is 64.7 Å². The van der Waals surface area contributed by atoms with Crippen LogP contribution in [0.2, 0.25) is 5.02 Å².